The van der Waals surface area contributed by atoms with Crippen LogP contribution < -0.4 is 5.32 Å². The fraction of sp³-hybridized carbons (Fsp3) is 0.154. The fourth-order valence-corrected chi connectivity index (χ4v) is 1.88. The Morgan fingerprint density at radius 1 is 1.39 bits per heavy atom. The lowest BCUT2D eigenvalue weighted by molar-refractivity contribution is 0.0950. The van der Waals surface area contributed by atoms with Gasteiger partial charge < -0.3 is 5.32 Å². The quantitative estimate of drug-likeness (QED) is 0.886. The van der Waals surface area contributed by atoms with Gasteiger partial charge in [-0.15, -0.1) is 0 Å². The number of aryl methyl sites for hydroxylation is 1. The average Bonchev–Trinajstić information content (AvgIpc) is 2.36. The number of hydrogen-bond donors (Lipinski definition) is 1. The lowest BCUT2D eigenvalue weighted by Gasteiger charge is -2.05. The van der Waals surface area contributed by atoms with Crippen LogP contribution in [0.3, 0.4) is 0 Å². The SMILES string of the molecule is Cc1cccc(CNC(=O)c2ccnc(Br)c2)n1. The van der Waals surface area contributed by atoms with E-state index in [4.69, 9.17) is 0 Å². The van der Waals surface area contributed by atoms with Crippen molar-refractivity contribution in [1.29, 1.82) is 0 Å². The molecule has 0 unspecified atom stereocenters. The topological polar surface area (TPSA) is 54.9 Å². The molecule has 0 fully saturated rings. The van der Waals surface area contributed by atoms with Gasteiger partial charge in [0.25, 0.3) is 5.91 Å². The molecule has 1 N–H and O–H groups in total. The molecule has 5 heteroatoms. The second-order valence-corrected chi connectivity index (χ2v) is 4.63. The molecule has 2 rings (SSSR count). The molecule has 0 aliphatic heterocycles. The highest BCUT2D eigenvalue weighted by atomic mass is 79.9. The van der Waals surface area contributed by atoms with E-state index in [1.54, 1.807) is 18.3 Å². The Bertz CT molecular complexity index is 572. The Morgan fingerprint density at radius 2 is 2.22 bits per heavy atom. The van der Waals surface area contributed by atoms with Gasteiger partial charge in [-0.1, -0.05) is 6.07 Å². The van der Waals surface area contributed by atoms with Crippen LogP contribution in [0.1, 0.15) is 21.7 Å². The number of amides is 1. The highest BCUT2D eigenvalue weighted by Crippen LogP contribution is 2.08. The average molecular weight is 306 g/mol. The number of halogens is 1. The number of rotatable bonds is 3. The zero-order valence-corrected chi connectivity index (χ0v) is 11.4. The van der Waals surface area contributed by atoms with E-state index in [0.29, 0.717) is 16.7 Å². The van der Waals surface area contributed by atoms with Crippen molar-refractivity contribution in [2.24, 2.45) is 0 Å². The van der Waals surface area contributed by atoms with Crippen molar-refractivity contribution in [2.75, 3.05) is 0 Å². The van der Waals surface area contributed by atoms with Crippen molar-refractivity contribution in [3.05, 3.63) is 58.1 Å². The number of nitrogens with zero attached hydrogens (tertiary/aromatic N) is 2. The first kappa shape index (κ1) is 12.7. The first-order valence-corrected chi connectivity index (χ1v) is 6.27. The molecule has 92 valence electrons. The van der Waals surface area contributed by atoms with E-state index in [1.165, 1.54) is 0 Å². The summed E-state index contributed by atoms with van der Waals surface area (Å²) in [5.41, 5.74) is 2.36. The summed E-state index contributed by atoms with van der Waals surface area (Å²) < 4.78 is 0.642. The minimum absolute atomic E-state index is 0.138. The molecule has 0 bridgehead atoms. The molecule has 0 aliphatic carbocycles. The zero-order valence-electron chi connectivity index (χ0n) is 9.85. The van der Waals surface area contributed by atoms with Gasteiger partial charge in [-0.05, 0) is 47.1 Å². The van der Waals surface area contributed by atoms with Crippen LogP contribution in [0, 0.1) is 6.92 Å². The van der Waals surface area contributed by atoms with Crippen molar-refractivity contribution >= 4 is 21.8 Å². The van der Waals surface area contributed by atoms with Gasteiger partial charge in [0.2, 0.25) is 0 Å². The van der Waals surface area contributed by atoms with Gasteiger partial charge in [-0.2, -0.15) is 0 Å². The summed E-state index contributed by atoms with van der Waals surface area (Å²) in [5.74, 6) is -0.138. The van der Waals surface area contributed by atoms with Crippen LogP contribution in [0.5, 0.6) is 0 Å². The van der Waals surface area contributed by atoms with Gasteiger partial charge in [0, 0.05) is 17.5 Å². The van der Waals surface area contributed by atoms with E-state index >= 15 is 0 Å². The minimum atomic E-state index is -0.138. The Hall–Kier alpha value is -1.75. The Kier molecular flexibility index (Phi) is 4.04. The van der Waals surface area contributed by atoms with Crippen molar-refractivity contribution in [3.8, 4) is 0 Å². The maximum atomic E-state index is 11.9. The highest BCUT2D eigenvalue weighted by Gasteiger charge is 2.06. The number of carbonyl (C=O) groups is 1. The van der Waals surface area contributed by atoms with E-state index in [9.17, 15) is 4.79 Å². The largest absolute Gasteiger partial charge is 0.346 e. The molecule has 2 aromatic heterocycles. The molecular formula is C13H12BrN3O. The normalized spacial score (nSPS) is 10.1. The maximum Gasteiger partial charge on any atom is 0.251 e. The van der Waals surface area contributed by atoms with Crippen molar-refractivity contribution in [3.63, 3.8) is 0 Å². The number of nitrogens with one attached hydrogen (secondary N) is 1. The molecule has 0 spiro atoms. The van der Waals surface area contributed by atoms with Crippen molar-refractivity contribution < 1.29 is 4.79 Å². The maximum absolute atomic E-state index is 11.9. The molecule has 0 aromatic carbocycles. The van der Waals surface area contributed by atoms with Crippen LogP contribution in [0.25, 0.3) is 0 Å². The molecule has 4 nitrogen and oxygen atoms in total. The van der Waals surface area contributed by atoms with E-state index in [2.05, 4.69) is 31.2 Å². The van der Waals surface area contributed by atoms with Crippen molar-refractivity contribution in [2.45, 2.75) is 13.5 Å². The molecule has 2 aromatic rings. The fourth-order valence-electron chi connectivity index (χ4n) is 1.51. The molecular weight excluding hydrogens is 294 g/mol. The van der Waals surface area contributed by atoms with Crippen LogP contribution in [-0.4, -0.2) is 15.9 Å². The summed E-state index contributed by atoms with van der Waals surface area (Å²) in [6.45, 7) is 2.34. The smallest absolute Gasteiger partial charge is 0.251 e. The summed E-state index contributed by atoms with van der Waals surface area (Å²) in [6, 6.07) is 9.08. The molecule has 0 aliphatic rings. The predicted molar refractivity (Wildman–Crippen MR) is 72.1 cm³/mol. The number of carbonyl (C=O) groups excluding carboxylic acids is 1. The molecule has 2 heterocycles. The highest BCUT2D eigenvalue weighted by molar-refractivity contribution is 9.10. The third-order valence-corrected chi connectivity index (χ3v) is 2.80. The summed E-state index contributed by atoms with van der Waals surface area (Å²) in [7, 11) is 0. The molecule has 0 saturated heterocycles. The molecule has 18 heavy (non-hydrogen) atoms. The summed E-state index contributed by atoms with van der Waals surface area (Å²) >= 11 is 3.23. The summed E-state index contributed by atoms with van der Waals surface area (Å²) in [6.07, 6.45) is 1.59. The number of hydrogen-bond acceptors (Lipinski definition) is 3. The van der Waals surface area contributed by atoms with E-state index < -0.39 is 0 Å². The minimum Gasteiger partial charge on any atom is -0.346 e. The van der Waals surface area contributed by atoms with E-state index in [1.807, 2.05) is 25.1 Å². The van der Waals surface area contributed by atoms with Gasteiger partial charge in [0.05, 0.1) is 12.2 Å². The predicted octanol–water partition coefficient (Wildman–Crippen LogP) is 2.48. The molecule has 1 amide bonds. The number of aromatic nitrogens is 2. The van der Waals surface area contributed by atoms with Gasteiger partial charge in [0.15, 0.2) is 0 Å². The monoisotopic (exact) mass is 305 g/mol. The second-order valence-electron chi connectivity index (χ2n) is 3.82. The van der Waals surface area contributed by atoms with Crippen LogP contribution in [0.4, 0.5) is 0 Å². The first-order valence-electron chi connectivity index (χ1n) is 5.47. The standard InChI is InChI=1S/C13H12BrN3O/c1-9-3-2-4-11(17-9)8-16-13(18)10-5-6-15-12(14)7-10/h2-7H,8H2,1H3,(H,16,18). The lowest BCUT2D eigenvalue weighted by atomic mass is 10.2. The molecule has 0 radical (unpaired) electrons. The van der Waals surface area contributed by atoms with Crippen LogP contribution in [-0.2, 0) is 6.54 Å². The molecule has 0 saturated carbocycles. The lowest BCUT2D eigenvalue weighted by Crippen LogP contribution is -2.23. The van der Waals surface area contributed by atoms with Crippen LogP contribution in [0.15, 0.2) is 41.1 Å². The number of pyridine rings is 2. The van der Waals surface area contributed by atoms with Crippen LogP contribution >= 0.6 is 15.9 Å². The summed E-state index contributed by atoms with van der Waals surface area (Å²) in [4.78, 5) is 20.2. The first-order chi connectivity index (χ1) is 8.65. The van der Waals surface area contributed by atoms with Gasteiger partial charge >= 0.3 is 0 Å². The zero-order chi connectivity index (χ0) is 13.0. The Labute approximate surface area is 114 Å². The third-order valence-electron chi connectivity index (χ3n) is 2.36. The Balaban J connectivity index is 2.00. The van der Waals surface area contributed by atoms with E-state index in [0.717, 1.165) is 11.4 Å². The molecule has 0 atom stereocenters. The van der Waals surface area contributed by atoms with E-state index in [-0.39, 0.29) is 5.91 Å². The third kappa shape index (κ3) is 3.37. The Morgan fingerprint density at radius 3 is 2.94 bits per heavy atom. The van der Waals surface area contributed by atoms with Gasteiger partial charge in [-0.3, -0.25) is 9.78 Å². The van der Waals surface area contributed by atoms with Crippen molar-refractivity contribution in [1.82, 2.24) is 15.3 Å². The summed E-state index contributed by atoms with van der Waals surface area (Å²) in [5, 5.41) is 2.82. The van der Waals surface area contributed by atoms with Gasteiger partial charge in [-0.25, -0.2) is 4.98 Å². The van der Waals surface area contributed by atoms with Crippen LogP contribution in [0.2, 0.25) is 0 Å². The van der Waals surface area contributed by atoms with Gasteiger partial charge in [0.1, 0.15) is 4.60 Å². The second kappa shape index (κ2) is 5.73.